The van der Waals surface area contributed by atoms with Gasteiger partial charge in [-0.1, -0.05) is 19.3 Å². The van der Waals surface area contributed by atoms with Crippen LogP contribution in [0.2, 0.25) is 0 Å². The van der Waals surface area contributed by atoms with Crippen molar-refractivity contribution in [1.82, 2.24) is 5.32 Å². The monoisotopic (exact) mass is 292 g/mol. The average Bonchev–Trinajstić information content (AvgIpc) is 2.69. The van der Waals surface area contributed by atoms with Crippen LogP contribution in [-0.4, -0.2) is 23.1 Å². The van der Waals surface area contributed by atoms with Crippen molar-refractivity contribution in [2.75, 3.05) is 0 Å². The van der Waals surface area contributed by atoms with Crippen LogP contribution in [0.1, 0.15) is 57.8 Å². The normalized spacial score (nSPS) is 34.5. The number of carbonyl (C=O) groups is 3. The fourth-order valence-electron chi connectivity index (χ4n) is 4.41. The van der Waals surface area contributed by atoms with Crippen molar-refractivity contribution in [3.05, 3.63) is 0 Å². The number of hydrogen-bond donors (Lipinski definition) is 2. The predicted molar refractivity (Wildman–Crippen MR) is 77.1 cm³/mol. The molecule has 3 rings (SSSR count). The van der Waals surface area contributed by atoms with Gasteiger partial charge in [-0.15, -0.1) is 0 Å². The van der Waals surface area contributed by atoms with Gasteiger partial charge in [-0.3, -0.25) is 14.4 Å². The van der Waals surface area contributed by atoms with E-state index in [0.29, 0.717) is 31.5 Å². The summed E-state index contributed by atoms with van der Waals surface area (Å²) in [6.45, 7) is 0. The zero-order valence-electron chi connectivity index (χ0n) is 12.4. The predicted octanol–water partition coefficient (Wildman–Crippen LogP) is 1.30. The van der Waals surface area contributed by atoms with Crippen LogP contribution in [0.5, 0.6) is 0 Å². The molecule has 3 N–H and O–H groups in total. The molecule has 21 heavy (non-hydrogen) atoms. The number of Topliss-reactive ketones (excluding diaryl/α,β-unsaturated/α-hetero) is 1. The summed E-state index contributed by atoms with van der Waals surface area (Å²) in [7, 11) is 0. The molecule has 5 nitrogen and oxygen atoms in total. The summed E-state index contributed by atoms with van der Waals surface area (Å²) in [5.41, 5.74) is 4.71. The van der Waals surface area contributed by atoms with Crippen LogP contribution < -0.4 is 11.1 Å². The highest BCUT2D eigenvalue weighted by Gasteiger charge is 2.46. The molecule has 0 aromatic heterocycles. The Bertz CT molecular complexity index is 452. The topological polar surface area (TPSA) is 89.3 Å². The zero-order chi connectivity index (χ0) is 15.0. The summed E-state index contributed by atoms with van der Waals surface area (Å²) in [5.74, 6) is -0.129. The van der Waals surface area contributed by atoms with Crippen LogP contribution >= 0.6 is 0 Å². The van der Waals surface area contributed by atoms with Crippen LogP contribution in [0.25, 0.3) is 0 Å². The van der Waals surface area contributed by atoms with E-state index in [2.05, 4.69) is 5.32 Å². The van der Waals surface area contributed by atoms with Crippen molar-refractivity contribution in [2.45, 2.75) is 63.3 Å². The first kappa shape index (κ1) is 14.5. The molecule has 0 aromatic rings. The van der Waals surface area contributed by atoms with Crippen LogP contribution in [0.3, 0.4) is 0 Å². The molecule has 0 radical (unpaired) electrons. The van der Waals surface area contributed by atoms with Gasteiger partial charge in [0.05, 0.1) is 0 Å². The fourth-order valence-corrected chi connectivity index (χ4v) is 4.41. The van der Waals surface area contributed by atoms with E-state index < -0.39 is 11.4 Å². The Kier molecular flexibility index (Phi) is 3.76. The number of amides is 2. The molecule has 0 heterocycles. The highest BCUT2D eigenvalue weighted by molar-refractivity contribution is 5.93. The first-order valence-electron chi connectivity index (χ1n) is 8.17. The smallest absolute Gasteiger partial charge is 0.243 e. The number of primary amides is 1. The molecule has 3 aliphatic rings. The van der Waals surface area contributed by atoms with Gasteiger partial charge in [-0.25, -0.2) is 0 Å². The van der Waals surface area contributed by atoms with Crippen molar-refractivity contribution >= 4 is 17.6 Å². The highest BCUT2D eigenvalue weighted by atomic mass is 16.2. The highest BCUT2D eigenvalue weighted by Crippen LogP contribution is 2.42. The summed E-state index contributed by atoms with van der Waals surface area (Å²) in [6.07, 6.45) is 7.38. The molecular formula is C16H24N2O3. The summed E-state index contributed by atoms with van der Waals surface area (Å²) in [6, 6.07) is 0. The summed E-state index contributed by atoms with van der Waals surface area (Å²) in [5, 5.41) is 2.96. The lowest BCUT2D eigenvalue weighted by molar-refractivity contribution is -0.138. The number of fused-ring (bicyclic) bond motifs is 2. The molecule has 2 atom stereocenters. The van der Waals surface area contributed by atoms with Crippen molar-refractivity contribution in [3.63, 3.8) is 0 Å². The molecule has 0 spiro atoms. The van der Waals surface area contributed by atoms with Gasteiger partial charge in [-0.2, -0.15) is 0 Å². The van der Waals surface area contributed by atoms with Crippen LogP contribution in [0.4, 0.5) is 0 Å². The van der Waals surface area contributed by atoms with E-state index in [-0.39, 0.29) is 23.7 Å². The van der Waals surface area contributed by atoms with E-state index >= 15 is 0 Å². The molecule has 2 amide bonds. The molecule has 2 unspecified atom stereocenters. The van der Waals surface area contributed by atoms with Crippen LogP contribution in [-0.2, 0) is 14.4 Å². The molecule has 2 bridgehead atoms. The minimum Gasteiger partial charge on any atom is -0.368 e. The van der Waals surface area contributed by atoms with Gasteiger partial charge in [0, 0.05) is 17.8 Å². The van der Waals surface area contributed by atoms with Crippen molar-refractivity contribution in [3.8, 4) is 0 Å². The van der Waals surface area contributed by atoms with E-state index in [1.807, 2.05) is 0 Å². The van der Waals surface area contributed by atoms with Gasteiger partial charge in [-0.05, 0) is 38.5 Å². The SMILES string of the molecule is NC(=O)C1(NC(=O)C2CC3CCC(C2)C3=O)CCCCC1. The zero-order valence-corrected chi connectivity index (χ0v) is 12.4. The molecule has 116 valence electrons. The van der Waals surface area contributed by atoms with Gasteiger partial charge in [0.1, 0.15) is 11.3 Å². The van der Waals surface area contributed by atoms with Crippen molar-refractivity contribution in [1.29, 1.82) is 0 Å². The Balaban J connectivity index is 1.68. The first-order chi connectivity index (χ1) is 10.0. The maximum absolute atomic E-state index is 12.6. The Labute approximate surface area is 125 Å². The lowest BCUT2D eigenvalue weighted by Crippen LogP contribution is -2.59. The molecule has 3 saturated carbocycles. The fraction of sp³-hybridized carbons (Fsp3) is 0.812. The lowest BCUT2D eigenvalue weighted by atomic mass is 9.77. The number of hydrogen-bond acceptors (Lipinski definition) is 3. The Morgan fingerprint density at radius 3 is 2.14 bits per heavy atom. The van der Waals surface area contributed by atoms with E-state index in [4.69, 9.17) is 5.73 Å². The molecule has 3 fully saturated rings. The van der Waals surface area contributed by atoms with Crippen LogP contribution in [0, 0.1) is 17.8 Å². The standard InChI is InChI=1S/C16H24N2O3/c17-15(21)16(6-2-1-3-7-16)18-14(20)12-8-10-4-5-11(9-12)13(10)19/h10-12H,1-9H2,(H2,17,21)(H,18,20). The van der Waals surface area contributed by atoms with Gasteiger partial charge >= 0.3 is 0 Å². The maximum Gasteiger partial charge on any atom is 0.243 e. The molecule has 3 aliphatic carbocycles. The molecule has 0 aromatic carbocycles. The minimum absolute atomic E-state index is 0.0652. The second kappa shape index (κ2) is 5.43. The molecular weight excluding hydrogens is 268 g/mol. The third-order valence-electron chi connectivity index (χ3n) is 5.72. The Morgan fingerprint density at radius 1 is 1.05 bits per heavy atom. The second-order valence-corrected chi connectivity index (χ2v) is 7.04. The molecule has 0 aliphatic heterocycles. The third kappa shape index (κ3) is 2.58. The number of carbonyl (C=O) groups excluding carboxylic acids is 3. The van der Waals surface area contributed by atoms with E-state index in [1.165, 1.54) is 0 Å². The van der Waals surface area contributed by atoms with Crippen LogP contribution in [0.15, 0.2) is 0 Å². The first-order valence-corrected chi connectivity index (χ1v) is 8.17. The van der Waals surface area contributed by atoms with E-state index in [0.717, 1.165) is 32.1 Å². The number of rotatable bonds is 3. The summed E-state index contributed by atoms with van der Waals surface area (Å²) < 4.78 is 0. The number of nitrogens with two attached hydrogens (primary N) is 1. The largest absolute Gasteiger partial charge is 0.368 e. The van der Waals surface area contributed by atoms with Gasteiger partial charge < -0.3 is 11.1 Å². The van der Waals surface area contributed by atoms with Gasteiger partial charge in [0.25, 0.3) is 0 Å². The summed E-state index contributed by atoms with van der Waals surface area (Å²) >= 11 is 0. The lowest BCUT2D eigenvalue weighted by Gasteiger charge is -2.37. The van der Waals surface area contributed by atoms with Crippen molar-refractivity contribution < 1.29 is 14.4 Å². The van der Waals surface area contributed by atoms with Crippen molar-refractivity contribution in [2.24, 2.45) is 23.5 Å². The second-order valence-electron chi connectivity index (χ2n) is 7.04. The maximum atomic E-state index is 12.6. The van der Waals surface area contributed by atoms with E-state index in [9.17, 15) is 14.4 Å². The number of nitrogens with one attached hydrogen (secondary N) is 1. The quantitative estimate of drug-likeness (QED) is 0.821. The molecule has 0 saturated heterocycles. The third-order valence-corrected chi connectivity index (χ3v) is 5.72. The average molecular weight is 292 g/mol. The minimum atomic E-state index is -0.851. The van der Waals surface area contributed by atoms with Gasteiger partial charge in [0.2, 0.25) is 11.8 Å². The van der Waals surface area contributed by atoms with Gasteiger partial charge in [0.15, 0.2) is 0 Å². The van der Waals surface area contributed by atoms with E-state index in [1.54, 1.807) is 0 Å². The Morgan fingerprint density at radius 2 is 1.62 bits per heavy atom. The number of ketones is 1. The Hall–Kier alpha value is -1.39. The molecule has 5 heteroatoms. The summed E-state index contributed by atoms with van der Waals surface area (Å²) in [4.78, 5) is 36.3.